The van der Waals surface area contributed by atoms with Crippen molar-refractivity contribution in [1.82, 2.24) is 5.32 Å². The highest BCUT2D eigenvalue weighted by atomic mass is 16.5. The second kappa shape index (κ2) is 3.52. The van der Waals surface area contributed by atoms with Crippen LogP contribution in [0.4, 0.5) is 0 Å². The van der Waals surface area contributed by atoms with Crippen LogP contribution < -0.4 is 10.1 Å². The van der Waals surface area contributed by atoms with E-state index in [1.807, 2.05) is 30.3 Å². The van der Waals surface area contributed by atoms with Gasteiger partial charge in [-0.2, -0.15) is 0 Å². The zero-order chi connectivity index (χ0) is 11.0. The topological polar surface area (TPSA) is 38.3 Å². The molecule has 0 amide bonds. The van der Waals surface area contributed by atoms with Crippen LogP contribution in [0.15, 0.2) is 47.9 Å². The number of ketones is 1. The minimum absolute atomic E-state index is 0.112. The molecular formula is C13H11NO2. The fourth-order valence-electron chi connectivity index (χ4n) is 1.89. The summed E-state index contributed by atoms with van der Waals surface area (Å²) < 4.78 is 5.79. The highest BCUT2D eigenvalue weighted by Crippen LogP contribution is 2.27. The first-order valence-electron chi connectivity index (χ1n) is 5.27. The van der Waals surface area contributed by atoms with Crippen LogP contribution in [0.25, 0.3) is 0 Å². The maximum atomic E-state index is 11.3. The molecular weight excluding hydrogens is 202 g/mol. The summed E-state index contributed by atoms with van der Waals surface area (Å²) in [5, 5.41) is 3.22. The van der Waals surface area contributed by atoms with Crippen molar-refractivity contribution in [3.05, 3.63) is 53.4 Å². The molecule has 0 saturated carbocycles. The monoisotopic (exact) mass is 213 g/mol. The highest BCUT2D eigenvalue weighted by molar-refractivity contribution is 5.93. The van der Waals surface area contributed by atoms with Crippen molar-refractivity contribution in [2.45, 2.75) is 13.0 Å². The van der Waals surface area contributed by atoms with E-state index in [0.717, 1.165) is 22.8 Å². The molecule has 0 unspecified atom stereocenters. The SMILES string of the molecule is O=C1C=C2NCc3ccccc3OC2=CC1. The number of nitrogens with one attached hydrogen (secondary N) is 1. The Hall–Kier alpha value is -2.03. The molecule has 0 saturated heterocycles. The predicted molar refractivity (Wildman–Crippen MR) is 59.7 cm³/mol. The van der Waals surface area contributed by atoms with E-state index >= 15 is 0 Å². The Kier molecular flexibility index (Phi) is 2.03. The number of rotatable bonds is 0. The average Bonchev–Trinajstić information content (AvgIpc) is 2.48. The predicted octanol–water partition coefficient (Wildman–Crippen LogP) is 1.91. The largest absolute Gasteiger partial charge is 0.455 e. The Morgan fingerprint density at radius 2 is 2.12 bits per heavy atom. The van der Waals surface area contributed by atoms with Gasteiger partial charge in [0.05, 0.1) is 5.70 Å². The Morgan fingerprint density at radius 1 is 1.25 bits per heavy atom. The van der Waals surface area contributed by atoms with E-state index in [9.17, 15) is 4.79 Å². The first-order valence-corrected chi connectivity index (χ1v) is 5.27. The van der Waals surface area contributed by atoms with Gasteiger partial charge < -0.3 is 10.1 Å². The van der Waals surface area contributed by atoms with Gasteiger partial charge >= 0.3 is 0 Å². The van der Waals surface area contributed by atoms with Gasteiger partial charge in [0.15, 0.2) is 5.78 Å². The Morgan fingerprint density at radius 3 is 3.06 bits per heavy atom. The number of carbonyl (C=O) groups is 1. The quantitative estimate of drug-likeness (QED) is 0.715. The van der Waals surface area contributed by atoms with Crippen molar-refractivity contribution in [3.63, 3.8) is 0 Å². The summed E-state index contributed by atoms with van der Waals surface area (Å²) in [5.41, 5.74) is 1.89. The van der Waals surface area contributed by atoms with Crippen molar-refractivity contribution in [2.24, 2.45) is 0 Å². The number of hydrogen-bond acceptors (Lipinski definition) is 3. The first kappa shape index (κ1) is 9.21. The minimum atomic E-state index is 0.112. The van der Waals surface area contributed by atoms with Crippen molar-refractivity contribution in [1.29, 1.82) is 0 Å². The molecule has 1 heterocycles. The molecule has 1 N–H and O–H groups in total. The van der Waals surface area contributed by atoms with Crippen molar-refractivity contribution < 1.29 is 9.53 Å². The zero-order valence-corrected chi connectivity index (χ0v) is 8.69. The zero-order valence-electron chi connectivity index (χ0n) is 8.69. The van der Waals surface area contributed by atoms with E-state index in [-0.39, 0.29) is 5.78 Å². The second-order valence-electron chi connectivity index (χ2n) is 3.86. The van der Waals surface area contributed by atoms with Gasteiger partial charge in [0.2, 0.25) is 0 Å². The lowest BCUT2D eigenvalue weighted by Gasteiger charge is -2.13. The van der Waals surface area contributed by atoms with Gasteiger partial charge in [-0.1, -0.05) is 18.2 Å². The molecule has 3 nitrogen and oxygen atoms in total. The number of carbonyl (C=O) groups excluding carboxylic acids is 1. The summed E-state index contributed by atoms with van der Waals surface area (Å²) in [7, 11) is 0. The molecule has 3 heteroatoms. The van der Waals surface area contributed by atoms with Gasteiger partial charge in [0.25, 0.3) is 0 Å². The van der Waals surface area contributed by atoms with Gasteiger partial charge in [-0.25, -0.2) is 0 Å². The van der Waals surface area contributed by atoms with Crippen LogP contribution >= 0.6 is 0 Å². The summed E-state index contributed by atoms with van der Waals surface area (Å²) in [4.78, 5) is 11.3. The molecule has 16 heavy (non-hydrogen) atoms. The lowest BCUT2D eigenvalue weighted by atomic mass is 10.1. The molecule has 1 aliphatic carbocycles. The van der Waals surface area contributed by atoms with E-state index in [4.69, 9.17) is 4.74 Å². The average molecular weight is 213 g/mol. The molecule has 0 fully saturated rings. The highest BCUT2D eigenvalue weighted by Gasteiger charge is 2.19. The van der Waals surface area contributed by atoms with E-state index < -0.39 is 0 Å². The van der Waals surface area contributed by atoms with Crippen LogP contribution in [0, 0.1) is 0 Å². The number of benzene rings is 1. The van der Waals surface area contributed by atoms with Crippen LogP contribution in [0.1, 0.15) is 12.0 Å². The van der Waals surface area contributed by atoms with Crippen molar-refractivity contribution >= 4 is 5.78 Å². The molecule has 2 aliphatic rings. The normalized spacial score (nSPS) is 18.1. The minimum Gasteiger partial charge on any atom is -0.455 e. The van der Waals surface area contributed by atoms with Crippen LogP contribution in [-0.4, -0.2) is 5.78 Å². The molecule has 3 rings (SSSR count). The van der Waals surface area contributed by atoms with Gasteiger partial charge in [-0.15, -0.1) is 0 Å². The van der Waals surface area contributed by atoms with Crippen molar-refractivity contribution in [2.75, 3.05) is 0 Å². The number of fused-ring (bicyclic) bond motifs is 2. The molecule has 0 aromatic heterocycles. The fraction of sp³-hybridized carbons (Fsp3) is 0.154. The molecule has 0 bridgehead atoms. The van der Waals surface area contributed by atoms with Gasteiger partial charge in [0.1, 0.15) is 11.5 Å². The fourth-order valence-corrected chi connectivity index (χ4v) is 1.89. The Labute approximate surface area is 93.4 Å². The Bertz CT molecular complexity index is 514. The van der Waals surface area contributed by atoms with Crippen LogP contribution in [0.2, 0.25) is 0 Å². The molecule has 1 aromatic carbocycles. The van der Waals surface area contributed by atoms with E-state index in [0.29, 0.717) is 13.0 Å². The van der Waals surface area contributed by atoms with Crippen LogP contribution in [0.3, 0.4) is 0 Å². The third-order valence-corrected chi connectivity index (χ3v) is 2.72. The van der Waals surface area contributed by atoms with E-state index in [2.05, 4.69) is 5.32 Å². The summed E-state index contributed by atoms with van der Waals surface area (Å²) in [6, 6.07) is 7.88. The van der Waals surface area contributed by atoms with Gasteiger partial charge in [-0.05, 0) is 12.1 Å². The number of para-hydroxylation sites is 1. The summed E-state index contributed by atoms with van der Waals surface area (Å²) >= 11 is 0. The van der Waals surface area contributed by atoms with Gasteiger partial charge in [-0.3, -0.25) is 4.79 Å². The van der Waals surface area contributed by atoms with Gasteiger partial charge in [0, 0.05) is 24.6 Å². The standard InChI is InChI=1S/C13H11NO2/c15-10-5-6-13-11(7-10)14-8-9-3-1-2-4-12(9)16-13/h1-4,6-7,14H,5,8H2. The molecule has 80 valence electrons. The van der Waals surface area contributed by atoms with E-state index in [1.165, 1.54) is 0 Å². The Balaban J connectivity index is 2.02. The lowest BCUT2D eigenvalue weighted by Crippen LogP contribution is -2.17. The molecule has 1 aromatic rings. The molecule has 0 radical (unpaired) electrons. The first-order chi connectivity index (χ1) is 7.83. The third kappa shape index (κ3) is 1.50. The summed E-state index contributed by atoms with van der Waals surface area (Å²) in [6.45, 7) is 0.687. The third-order valence-electron chi connectivity index (χ3n) is 2.72. The van der Waals surface area contributed by atoms with E-state index in [1.54, 1.807) is 6.08 Å². The number of allylic oxidation sites excluding steroid dienone is 2. The lowest BCUT2D eigenvalue weighted by molar-refractivity contribution is -0.114. The van der Waals surface area contributed by atoms with Crippen LogP contribution in [-0.2, 0) is 11.3 Å². The number of ether oxygens (including phenoxy) is 1. The maximum absolute atomic E-state index is 11.3. The maximum Gasteiger partial charge on any atom is 0.161 e. The number of hydrogen-bond donors (Lipinski definition) is 1. The van der Waals surface area contributed by atoms with Crippen LogP contribution in [0.5, 0.6) is 5.75 Å². The summed E-state index contributed by atoms with van der Waals surface area (Å²) in [5.74, 6) is 1.73. The molecule has 0 atom stereocenters. The van der Waals surface area contributed by atoms with Crippen molar-refractivity contribution in [3.8, 4) is 5.75 Å². The molecule has 1 aliphatic heterocycles. The molecule has 0 spiro atoms. The smallest absolute Gasteiger partial charge is 0.161 e. The second-order valence-corrected chi connectivity index (χ2v) is 3.86. The summed E-state index contributed by atoms with van der Waals surface area (Å²) in [6.07, 6.45) is 3.86.